The maximum Gasteiger partial charge on any atom is 0.413 e. The number of hydrogen-bond acceptors (Lipinski definition) is 5. The fraction of sp³-hybridized carbons (Fsp3) is 0.600. The van der Waals surface area contributed by atoms with Crippen molar-refractivity contribution in [3.63, 3.8) is 0 Å². The van der Waals surface area contributed by atoms with Gasteiger partial charge >= 0.3 is 6.09 Å². The molecule has 1 aromatic heterocycles. The van der Waals surface area contributed by atoms with E-state index in [9.17, 15) is 4.79 Å². The summed E-state index contributed by atoms with van der Waals surface area (Å²) >= 11 is 0. The Kier molecular flexibility index (Phi) is 3.89. The Morgan fingerprint density at radius 3 is 2.81 bits per heavy atom. The standard InChI is InChI=1S/C10H16N2O4/c1-10(2,3)15-9(13)11-8-5-7(6-14-4)16-12-8/h5H,6H2,1-4H3,(H,11,12,13). The van der Waals surface area contributed by atoms with E-state index in [4.69, 9.17) is 14.0 Å². The Morgan fingerprint density at radius 1 is 1.56 bits per heavy atom. The summed E-state index contributed by atoms with van der Waals surface area (Å²) in [4.78, 5) is 11.3. The number of methoxy groups -OCH3 is 1. The van der Waals surface area contributed by atoms with Gasteiger partial charge in [-0.1, -0.05) is 5.16 Å². The number of rotatable bonds is 3. The van der Waals surface area contributed by atoms with Crippen molar-refractivity contribution in [1.82, 2.24) is 5.16 Å². The molecule has 0 spiro atoms. The lowest BCUT2D eigenvalue weighted by molar-refractivity contribution is 0.0634. The van der Waals surface area contributed by atoms with Gasteiger partial charge in [-0.2, -0.15) is 0 Å². The summed E-state index contributed by atoms with van der Waals surface area (Å²) in [5.74, 6) is 0.842. The van der Waals surface area contributed by atoms with Crippen LogP contribution in [0.3, 0.4) is 0 Å². The van der Waals surface area contributed by atoms with Crippen LogP contribution in [0.15, 0.2) is 10.6 Å². The molecule has 0 aromatic carbocycles. The number of carbonyl (C=O) groups excluding carboxylic acids is 1. The van der Waals surface area contributed by atoms with Crippen LogP contribution in [0.25, 0.3) is 0 Å². The van der Waals surface area contributed by atoms with E-state index in [0.717, 1.165) is 0 Å². The lowest BCUT2D eigenvalue weighted by Crippen LogP contribution is -2.27. The Bertz CT molecular complexity index is 354. The van der Waals surface area contributed by atoms with Gasteiger partial charge in [0, 0.05) is 13.2 Å². The van der Waals surface area contributed by atoms with Crippen molar-refractivity contribution in [1.29, 1.82) is 0 Å². The molecular formula is C10H16N2O4. The van der Waals surface area contributed by atoms with Crippen molar-refractivity contribution < 1.29 is 18.8 Å². The Hall–Kier alpha value is -1.56. The third-order valence-electron chi connectivity index (χ3n) is 1.47. The van der Waals surface area contributed by atoms with Crippen LogP contribution in [-0.4, -0.2) is 24.0 Å². The van der Waals surface area contributed by atoms with Gasteiger partial charge in [0.05, 0.1) is 0 Å². The highest BCUT2D eigenvalue weighted by Crippen LogP contribution is 2.12. The lowest BCUT2D eigenvalue weighted by Gasteiger charge is -2.18. The first-order valence-corrected chi connectivity index (χ1v) is 4.85. The molecule has 90 valence electrons. The molecule has 1 rings (SSSR count). The SMILES string of the molecule is COCc1cc(NC(=O)OC(C)(C)C)no1. The minimum absolute atomic E-state index is 0.307. The first-order valence-electron chi connectivity index (χ1n) is 4.85. The van der Waals surface area contributed by atoms with E-state index in [1.807, 2.05) is 0 Å². The van der Waals surface area contributed by atoms with Crippen molar-refractivity contribution >= 4 is 11.9 Å². The molecule has 6 nitrogen and oxygen atoms in total. The number of hydrogen-bond donors (Lipinski definition) is 1. The first kappa shape index (κ1) is 12.5. The van der Waals surface area contributed by atoms with Gasteiger partial charge in [-0.15, -0.1) is 0 Å². The molecule has 16 heavy (non-hydrogen) atoms. The second kappa shape index (κ2) is 4.98. The normalized spacial score (nSPS) is 11.2. The minimum atomic E-state index is -0.565. The summed E-state index contributed by atoms with van der Waals surface area (Å²) in [5.41, 5.74) is -0.539. The topological polar surface area (TPSA) is 73.6 Å². The highest BCUT2D eigenvalue weighted by molar-refractivity contribution is 5.83. The number of ether oxygens (including phenoxy) is 2. The smallest absolute Gasteiger partial charge is 0.413 e. The summed E-state index contributed by atoms with van der Waals surface area (Å²) < 4.78 is 14.8. The van der Waals surface area contributed by atoms with Crippen LogP contribution in [0.1, 0.15) is 26.5 Å². The van der Waals surface area contributed by atoms with Crippen LogP contribution in [0.5, 0.6) is 0 Å². The zero-order valence-corrected chi connectivity index (χ0v) is 9.86. The average molecular weight is 228 g/mol. The molecule has 1 heterocycles. The molecule has 0 bridgehead atoms. The molecule has 0 saturated heterocycles. The van der Waals surface area contributed by atoms with Gasteiger partial charge in [0.15, 0.2) is 11.6 Å². The highest BCUT2D eigenvalue weighted by atomic mass is 16.6. The Balaban J connectivity index is 2.50. The third kappa shape index (κ3) is 4.31. The van der Waals surface area contributed by atoms with Crippen molar-refractivity contribution in [2.75, 3.05) is 12.4 Å². The fourth-order valence-electron chi connectivity index (χ4n) is 0.990. The molecule has 6 heteroatoms. The Morgan fingerprint density at radius 2 is 2.25 bits per heavy atom. The van der Waals surface area contributed by atoms with E-state index in [0.29, 0.717) is 18.2 Å². The van der Waals surface area contributed by atoms with Crippen LogP contribution in [0, 0.1) is 0 Å². The van der Waals surface area contributed by atoms with E-state index in [1.54, 1.807) is 33.9 Å². The molecule has 0 saturated carbocycles. The maximum absolute atomic E-state index is 11.3. The van der Waals surface area contributed by atoms with Crippen LogP contribution in [-0.2, 0) is 16.1 Å². The van der Waals surface area contributed by atoms with E-state index in [-0.39, 0.29) is 0 Å². The zero-order valence-electron chi connectivity index (χ0n) is 9.86. The lowest BCUT2D eigenvalue weighted by atomic mass is 10.2. The number of carbonyl (C=O) groups is 1. The van der Waals surface area contributed by atoms with Crippen molar-refractivity contribution in [2.24, 2.45) is 0 Å². The van der Waals surface area contributed by atoms with Crippen LogP contribution < -0.4 is 5.32 Å². The van der Waals surface area contributed by atoms with Gasteiger partial charge in [-0.05, 0) is 20.8 Å². The largest absolute Gasteiger partial charge is 0.444 e. The molecule has 1 aromatic rings. The molecule has 0 aliphatic rings. The zero-order chi connectivity index (χ0) is 12.2. The molecule has 0 aliphatic carbocycles. The van der Waals surface area contributed by atoms with Gasteiger partial charge in [0.1, 0.15) is 12.2 Å². The first-order chi connectivity index (χ1) is 7.40. The van der Waals surface area contributed by atoms with Crippen LogP contribution in [0.4, 0.5) is 10.6 Å². The van der Waals surface area contributed by atoms with E-state index >= 15 is 0 Å². The second-order valence-electron chi connectivity index (χ2n) is 4.24. The summed E-state index contributed by atoms with van der Waals surface area (Å²) in [6.07, 6.45) is -0.565. The van der Waals surface area contributed by atoms with E-state index in [1.165, 1.54) is 0 Å². The average Bonchev–Trinajstić information content (AvgIpc) is 2.49. The number of nitrogens with zero attached hydrogens (tertiary/aromatic N) is 1. The van der Waals surface area contributed by atoms with Crippen LogP contribution in [0.2, 0.25) is 0 Å². The highest BCUT2D eigenvalue weighted by Gasteiger charge is 2.17. The van der Waals surface area contributed by atoms with E-state index in [2.05, 4.69) is 10.5 Å². The minimum Gasteiger partial charge on any atom is -0.444 e. The maximum atomic E-state index is 11.3. The molecule has 0 radical (unpaired) electrons. The van der Waals surface area contributed by atoms with E-state index < -0.39 is 11.7 Å². The predicted octanol–water partition coefficient (Wildman–Crippen LogP) is 2.17. The van der Waals surface area contributed by atoms with Crippen molar-refractivity contribution in [2.45, 2.75) is 33.0 Å². The molecule has 1 N–H and O–H groups in total. The summed E-state index contributed by atoms with van der Waals surface area (Å²) in [6.45, 7) is 5.66. The number of anilines is 1. The molecule has 0 fully saturated rings. The van der Waals surface area contributed by atoms with Gasteiger partial charge in [-0.3, -0.25) is 5.32 Å². The number of aromatic nitrogens is 1. The number of amides is 1. The molecular weight excluding hydrogens is 212 g/mol. The van der Waals surface area contributed by atoms with Crippen molar-refractivity contribution in [3.05, 3.63) is 11.8 Å². The van der Waals surface area contributed by atoms with Gasteiger partial charge in [0.2, 0.25) is 0 Å². The summed E-state index contributed by atoms with van der Waals surface area (Å²) in [5, 5.41) is 6.09. The number of nitrogens with one attached hydrogen (secondary N) is 1. The van der Waals surface area contributed by atoms with Gasteiger partial charge < -0.3 is 14.0 Å². The van der Waals surface area contributed by atoms with Gasteiger partial charge in [0.25, 0.3) is 0 Å². The summed E-state index contributed by atoms with van der Waals surface area (Å²) in [7, 11) is 1.55. The molecule has 1 amide bonds. The van der Waals surface area contributed by atoms with Crippen molar-refractivity contribution in [3.8, 4) is 0 Å². The third-order valence-corrected chi connectivity index (χ3v) is 1.47. The predicted molar refractivity (Wildman–Crippen MR) is 57.1 cm³/mol. The molecule has 0 atom stereocenters. The summed E-state index contributed by atoms with van der Waals surface area (Å²) in [6, 6.07) is 1.58. The quantitative estimate of drug-likeness (QED) is 0.858. The fourth-order valence-corrected chi connectivity index (χ4v) is 0.990. The monoisotopic (exact) mass is 228 g/mol. The molecule has 0 unspecified atom stereocenters. The molecule has 0 aliphatic heterocycles. The second-order valence-corrected chi connectivity index (χ2v) is 4.24. The van der Waals surface area contributed by atoms with Crippen LogP contribution >= 0.6 is 0 Å². The van der Waals surface area contributed by atoms with Gasteiger partial charge in [-0.25, -0.2) is 4.79 Å². The Labute approximate surface area is 93.9 Å².